The van der Waals surface area contributed by atoms with Crippen molar-refractivity contribution >= 4 is 9.24 Å². The van der Waals surface area contributed by atoms with Crippen LogP contribution in [-0.4, -0.2) is 0 Å². The smallest absolute Gasteiger partial charge is 0.130 e. The van der Waals surface area contributed by atoms with Gasteiger partial charge < -0.3 is 10.1 Å². The van der Waals surface area contributed by atoms with Gasteiger partial charge >= 0.3 is 0 Å². The zero-order chi connectivity index (χ0) is 16.8. The standard InChI is InChI=1S/C21H22NOP/c1-16-7-5-6-10-20(16)23-19-13-11-18(12-14-19)21(24)22-15-17-8-3-2-4-9-17/h2-14,21-22H,15,24H2,1H3. The maximum Gasteiger partial charge on any atom is 0.130 e. The summed E-state index contributed by atoms with van der Waals surface area (Å²) in [6.07, 6.45) is 0. The molecule has 1 N–H and O–H groups in total. The van der Waals surface area contributed by atoms with E-state index in [1.165, 1.54) is 11.1 Å². The summed E-state index contributed by atoms with van der Waals surface area (Å²) in [4.78, 5) is 0. The van der Waals surface area contributed by atoms with Crippen molar-refractivity contribution in [2.45, 2.75) is 19.3 Å². The number of rotatable bonds is 6. The Labute approximate surface area is 146 Å². The molecule has 0 aromatic heterocycles. The normalized spacial score (nSPS) is 11.9. The summed E-state index contributed by atoms with van der Waals surface area (Å²) in [5.41, 5.74) is 3.63. The molecule has 3 heteroatoms. The molecular formula is C21H22NOP. The molecule has 0 aliphatic rings. The summed E-state index contributed by atoms with van der Waals surface area (Å²) in [7, 11) is 2.85. The molecule has 122 valence electrons. The van der Waals surface area contributed by atoms with E-state index in [-0.39, 0.29) is 5.78 Å². The molecule has 2 atom stereocenters. The van der Waals surface area contributed by atoms with E-state index in [9.17, 15) is 0 Å². The van der Waals surface area contributed by atoms with Crippen LogP contribution in [0, 0.1) is 6.92 Å². The van der Waals surface area contributed by atoms with Crippen LogP contribution in [0.25, 0.3) is 0 Å². The molecular weight excluding hydrogens is 313 g/mol. The number of benzene rings is 3. The van der Waals surface area contributed by atoms with Gasteiger partial charge in [-0.15, -0.1) is 9.24 Å². The highest BCUT2D eigenvalue weighted by Gasteiger charge is 2.06. The molecule has 0 amide bonds. The molecule has 0 radical (unpaired) electrons. The van der Waals surface area contributed by atoms with Crippen molar-refractivity contribution in [1.82, 2.24) is 5.32 Å². The highest BCUT2D eigenvalue weighted by Crippen LogP contribution is 2.27. The van der Waals surface area contributed by atoms with Gasteiger partial charge in [-0.1, -0.05) is 60.7 Å². The topological polar surface area (TPSA) is 21.3 Å². The number of nitrogens with one attached hydrogen (secondary N) is 1. The summed E-state index contributed by atoms with van der Waals surface area (Å²) >= 11 is 0. The van der Waals surface area contributed by atoms with Crippen LogP contribution in [0.4, 0.5) is 0 Å². The fourth-order valence-corrected chi connectivity index (χ4v) is 2.82. The molecule has 3 aromatic rings. The van der Waals surface area contributed by atoms with Gasteiger partial charge in [0.2, 0.25) is 0 Å². The first-order valence-corrected chi connectivity index (χ1v) is 8.75. The van der Waals surface area contributed by atoms with Crippen LogP contribution in [0.1, 0.15) is 22.5 Å². The van der Waals surface area contributed by atoms with Gasteiger partial charge in [-0.25, -0.2) is 0 Å². The van der Waals surface area contributed by atoms with E-state index < -0.39 is 0 Å². The van der Waals surface area contributed by atoms with Gasteiger partial charge in [-0.05, 0) is 41.8 Å². The Hall–Kier alpha value is -2.15. The second kappa shape index (κ2) is 8.10. The zero-order valence-corrected chi connectivity index (χ0v) is 14.9. The van der Waals surface area contributed by atoms with Crippen LogP contribution in [0.5, 0.6) is 11.5 Å². The van der Waals surface area contributed by atoms with Gasteiger partial charge in [0, 0.05) is 12.3 Å². The van der Waals surface area contributed by atoms with Crippen molar-refractivity contribution in [2.75, 3.05) is 0 Å². The van der Waals surface area contributed by atoms with Crippen molar-refractivity contribution < 1.29 is 4.74 Å². The second-order valence-corrected chi connectivity index (χ2v) is 6.45. The predicted molar refractivity (Wildman–Crippen MR) is 103 cm³/mol. The van der Waals surface area contributed by atoms with E-state index in [1.54, 1.807) is 0 Å². The molecule has 0 aliphatic carbocycles. The lowest BCUT2D eigenvalue weighted by Crippen LogP contribution is -2.15. The highest BCUT2D eigenvalue weighted by molar-refractivity contribution is 7.17. The van der Waals surface area contributed by atoms with E-state index in [4.69, 9.17) is 4.74 Å². The second-order valence-electron chi connectivity index (χ2n) is 5.78. The maximum atomic E-state index is 5.95. The lowest BCUT2D eigenvalue weighted by Gasteiger charge is -2.15. The first-order valence-electron chi connectivity index (χ1n) is 8.09. The Morgan fingerprint density at radius 2 is 1.54 bits per heavy atom. The lowest BCUT2D eigenvalue weighted by atomic mass is 10.2. The fourth-order valence-electron chi connectivity index (χ4n) is 2.48. The fraction of sp³-hybridized carbons (Fsp3) is 0.143. The Morgan fingerprint density at radius 3 is 2.25 bits per heavy atom. The number of hydrogen-bond donors (Lipinski definition) is 1. The van der Waals surface area contributed by atoms with Crippen molar-refractivity contribution in [3.8, 4) is 11.5 Å². The quantitative estimate of drug-likeness (QED) is 0.605. The molecule has 3 rings (SSSR count). The lowest BCUT2D eigenvalue weighted by molar-refractivity contribution is 0.478. The summed E-state index contributed by atoms with van der Waals surface area (Å²) in [6, 6.07) is 26.7. The molecule has 2 unspecified atom stereocenters. The molecule has 2 nitrogen and oxygen atoms in total. The Morgan fingerprint density at radius 1 is 0.875 bits per heavy atom. The van der Waals surface area contributed by atoms with E-state index in [1.807, 2.05) is 36.4 Å². The van der Waals surface area contributed by atoms with Crippen LogP contribution in [0.3, 0.4) is 0 Å². The van der Waals surface area contributed by atoms with Crippen molar-refractivity contribution in [2.24, 2.45) is 0 Å². The van der Waals surface area contributed by atoms with Crippen LogP contribution in [-0.2, 0) is 6.54 Å². The minimum atomic E-state index is 0.206. The van der Waals surface area contributed by atoms with Gasteiger partial charge in [0.05, 0.1) is 0 Å². The van der Waals surface area contributed by atoms with Gasteiger partial charge in [-0.2, -0.15) is 0 Å². The Balaban J connectivity index is 1.60. The van der Waals surface area contributed by atoms with Crippen LogP contribution in [0.15, 0.2) is 78.9 Å². The minimum absolute atomic E-state index is 0.206. The summed E-state index contributed by atoms with van der Waals surface area (Å²) in [5, 5.41) is 3.52. The monoisotopic (exact) mass is 335 g/mol. The van der Waals surface area contributed by atoms with Crippen LogP contribution >= 0.6 is 9.24 Å². The molecule has 0 saturated heterocycles. The third-order valence-corrected chi connectivity index (χ3v) is 4.55. The molecule has 3 aromatic carbocycles. The number of para-hydroxylation sites is 1. The van der Waals surface area contributed by atoms with Crippen LogP contribution < -0.4 is 10.1 Å². The SMILES string of the molecule is Cc1ccccc1Oc1ccc(C(P)NCc2ccccc2)cc1. The Kier molecular flexibility index (Phi) is 5.63. The van der Waals surface area contributed by atoms with Crippen molar-refractivity contribution in [3.63, 3.8) is 0 Å². The van der Waals surface area contributed by atoms with Gasteiger partial charge in [0.25, 0.3) is 0 Å². The Bertz CT molecular complexity index is 771. The highest BCUT2D eigenvalue weighted by atomic mass is 31.0. The third-order valence-electron chi connectivity index (χ3n) is 3.93. The number of aryl methyl sites for hydroxylation is 1. The van der Waals surface area contributed by atoms with E-state index in [0.717, 1.165) is 23.6 Å². The average Bonchev–Trinajstić information content (AvgIpc) is 2.63. The summed E-state index contributed by atoms with van der Waals surface area (Å²) < 4.78 is 5.95. The van der Waals surface area contributed by atoms with Gasteiger partial charge in [-0.3, -0.25) is 0 Å². The molecule has 0 heterocycles. The maximum absolute atomic E-state index is 5.95. The largest absolute Gasteiger partial charge is 0.457 e. The molecule has 0 spiro atoms. The summed E-state index contributed by atoms with van der Waals surface area (Å²) in [5.74, 6) is 1.96. The van der Waals surface area contributed by atoms with Gasteiger partial charge in [0.15, 0.2) is 0 Å². The van der Waals surface area contributed by atoms with E-state index >= 15 is 0 Å². The first kappa shape index (κ1) is 16.7. The molecule has 0 saturated carbocycles. The van der Waals surface area contributed by atoms with Crippen LogP contribution in [0.2, 0.25) is 0 Å². The number of hydrogen-bond acceptors (Lipinski definition) is 2. The third kappa shape index (κ3) is 4.44. The van der Waals surface area contributed by atoms with Gasteiger partial charge in [0.1, 0.15) is 11.5 Å². The molecule has 24 heavy (non-hydrogen) atoms. The van der Waals surface area contributed by atoms with Crippen molar-refractivity contribution in [1.29, 1.82) is 0 Å². The minimum Gasteiger partial charge on any atom is -0.457 e. The molecule has 0 fully saturated rings. The van der Waals surface area contributed by atoms with Crippen molar-refractivity contribution in [3.05, 3.63) is 95.6 Å². The van der Waals surface area contributed by atoms with E-state index in [0.29, 0.717) is 0 Å². The molecule has 0 aliphatic heterocycles. The average molecular weight is 335 g/mol. The molecule has 0 bridgehead atoms. The summed E-state index contributed by atoms with van der Waals surface area (Å²) in [6.45, 7) is 2.90. The van der Waals surface area contributed by atoms with E-state index in [2.05, 4.69) is 63.9 Å². The zero-order valence-electron chi connectivity index (χ0n) is 13.8. The predicted octanol–water partition coefficient (Wildman–Crippen LogP) is 5.45. The first-order chi connectivity index (χ1) is 11.7. The number of ether oxygens (including phenoxy) is 1.